The maximum absolute atomic E-state index is 11.0. The fourth-order valence-corrected chi connectivity index (χ4v) is 2.73. The Balaban J connectivity index is 2.28. The Hall–Kier alpha value is -1.82. The Bertz CT molecular complexity index is 483. The van der Waals surface area contributed by atoms with Crippen molar-refractivity contribution in [3.63, 3.8) is 0 Å². The fraction of sp³-hybridized carbons (Fsp3) is 0.571. The maximum Gasteiger partial charge on any atom is 0.311 e. The standard InChI is InChI=1S/C14H21N3O3/c1-3-20-14-7-12(4-5-13(14)17(18)19)16-8-10(2)6-11(15)9-16/h4-5,7,10-11H,3,6,8-9,15H2,1-2H3. The van der Waals surface area contributed by atoms with Crippen molar-refractivity contribution in [3.05, 3.63) is 28.3 Å². The first kappa shape index (κ1) is 14.6. The molecule has 0 amide bonds. The van der Waals surface area contributed by atoms with Gasteiger partial charge in [0.1, 0.15) is 0 Å². The molecule has 1 aromatic carbocycles. The van der Waals surface area contributed by atoms with Gasteiger partial charge in [-0.2, -0.15) is 0 Å². The number of nitrogens with zero attached hydrogens (tertiary/aromatic N) is 2. The highest BCUT2D eigenvalue weighted by atomic mass is 16.6. The van der Waals surface area contributed by atoms with Crippen LogP contribution >= 0.6 is 0 Å². The van der Waals surface area contributed by atoms with Crippen LogP contribution in [0.4, 0.5) is 11.4 Å². The Morgan fingerprint density at radius 2 is 2.25 bits per heavy atom. The molecule has 1 aliphatic heterocycles. The summed E-state index contributed by atoms with van der Waals surface area (Å²) in [5.74, 6) is 0.839. The minimum absolute atomic E-state index is 0.00459. The van der Waals surface area contributed by atoms with Crippen LogP contribution in [0.3, 0.4) is 0 Å². The van der Waals surface area contributed by atoms with Gasteiger partial charge in [0.2, 0.25) is 0 Å². The van der Waals surface area contributed by atoms with E-state index in [0.717, 1.165) is 25.2 Å². The number of nitro benzene ring substituents is 1. The van der Waals surface area contributed by atoms with Crippen molar-refractivity contribution in [1.29, 1.82) is 0 Å². The van der Waals surface area contributed by atoms with Crippen LogP contribution in [0, 0.1) is 16.0 Å². The second kappa shape index (κ2) is 6.09. The van der Waals surface area contributed by atoms with Crippen molar-refractivity contribution in [2.45, 2.75) is 26.3 Å². The third-order valence-corrected chi connectivity index (χ3v) is 3.50. The molecule has 0 radical (unpaired) electrons. The molecular weight excluding hydrogens is 258 g/mol. The monoisotopic (exact) mass is 279 g/mol. The van der Waals surface area contributed by atoms with Crippen molar-refractivity contribution in [2.75, 3.05) is 24.6 Å². The number of piperidine rings is 1. The molecule has 1 fully saturated rings. The van der Waals surface area contributed by atoms with Gasteiger partial charge in [0.15, 0.2) is 5.75 Å². The van der Waals surface area contributed by atoms with Gasteiger partial charge >= 0.3 is 5.69 Å². The van der Waals surface area contributed by atoms with E-state index in [-0.39, 0.29) is 11.7 Å². The molecule has 2 unspecified atom stereocenters. The van der Waals surface area contributed by atoms with Gasteiger partial charge in [-0.15, -0.1) is 0 Å². The molecule has 6 nitrogen and oxygen atoms in total. The van der Waals surface area contributed by atoms with Gasteiger partial charge in [0.05, 0.1) is 11.5 Å². The van der Waals surface area contributed by atoms with Crippen molar-refractivity contribution in [2.24, 2.45) is 11.7 Å². The number of hydrogen-bond acceptors (Lipinski definition) is 5. The first-order valence-electron chi connectivity index (χ1n) is 6.93. The average Bonchev–Trinajstić information content (AvgIpc) is 2.37. The molecule has 0 saturated carbocycles. The predicted octanol–water partition coefficient (Wildman–Crippen LogP) is 2.17. The molecule has 2 atom stereocenters. The number of rotatable bonds is 4. The largest absolute Gasteiger partial charge is 0.487 e. The molecule has 6 heteroatoms. The number of anilines is 1. The lowest BCUT2D eigenvalue weighted by Crippen LogP contribution is -2.46. The summed E-state index contributed by atoms with van der Waals surface area (Å²) >= 11 is 0. The Morgan fingerprint density at radius 1 is 1.50 bits per heavy atom. The quantitative estimate of drug-likeness (QED) is 0.674. The zero-order valence-electron chi connectivity index (χ0n) is 11.9. The molecule has 1 aliphatic rings. The lowest BCUT2D eigenvalue weighted by molar-refractivity contribution is -0.385. The molecular formula is C14H21N3O3. The van der Waals surface area contributed by atoms with Crippen molar-refractivity contribution in [1.82, 2.24) is 0 Å². The van der Waals surface area contributed by atoms with Crippen molar-refractivity contribution in [3.8, 4) is 5.75 Å². The minimum Gasteiger partial charge on any atom is -0.487 e. The second-order valence-electron chi connectivity index (χ2n) is 5.35. The van der Waals surface area contributed by atoms with Crippen LogP contribution in [0.2, 0.25) is 0 Å². The summed E-state index contributed by atoms with van der Waals surface area (Å²) in [5.41, 5.74) is 6.98. The van der Waals surface area contributed by atoms with Gasteiger partial charge < -0.3 is 15.4 Å². The highest BCUT2D eigenvalue weighted by Gasteiger charge is 2.24. The SMILES string of the molecule is CCOc1cc(N2CC(C)CC(N)C2)ccc1[N+](=O)[O-]. The van der Waals surface area contributed by atoms with Gasteiger partial charge in [-0.25, -0.2) is 0 Å². The molecule has 1 saturated heterocycles. The van der Waals surface area contributed by atoms with Crippen LogP contribution in [-0.4, -0.2) is 30.7 Å². The summed E-state index contributed by atoms with van der Waals surface area (Å²) in [6, 6.07) is 5.16. The minimum atomic E-state index is -0.417. The molecule has 20 heavy (non-hydrogen) atoms. The van der Waals surface area contributed by atoms with E-state index in [0.29, 0.717) is 18.3 Å². The van der Waals surface area contributed by atoms with E-state index in [1.54, 1.807) is 12.1 Å². The molecule has 0 aliphatic carbocycles. The summed E-state index contributed by atoms with van der Waals surface area (Å²) in [6.45, 7) is 6.07. The van der Waals surface area contributed by atoms with Crippen LogP contribution in [0.25, 0.3) is 0 Å². The predicted molar refractivity (Wildman–Crippen MR) is 78.2 cm³/mol. The molecule has 1 aromatic rings. The van der Waals surface area contributed by atoms with Crippen LogP contribution in [0.1, 0.15) is 20.3 Å². The second-order valence-corrected chi connectivity index (χ2v) is 5.35. The molecule has 0 bridgehead atoms. The van der Waals surface area contributed by atoms with Gasteiger partial charge in [-0.05, 0) is 25.3 Å². The number of nitro groups is 1. The van der Waals surface area contributed by atoms with Gasteiger partial charge in [0, 0.05) is 37.0 Å². The van der Waals surface area contributed by atoms with Crippen LogP contribution in [0.5, 0.6) is 5.75 Å². The highest BCUT2D eigenvalue weighted by molar-refractivity contribution is 5.59. The number of ether oxygens (including phenoxy) is 1. The third kappa shape index (κ3) is 3.19. The van der Waals surface area contributed by atoms with E-state index in [1.165, 1.54) is 6.07 Å². The first-order chi connectivity index (χ1) is 9.51. The number of benzene rings is 1. The number of hydrogen-bond donors (Lipinski definition) is 1. The van der Waals surface area contributed by atoms with E-state index in [4.69, 9.17) is 10.5 Å². The fourth-order valence-electron chi connectivity index (χ4n) is 2.73. The zero-order chi connectivity index (χ0) is 14.7. The molecule has 1 heterocycles. The van der Waals surface area contributed by atoms with Crippen LogP contribution in [-0.2, 0) is 0 Å². The lowest BCUT2D eigenvalue weighted by Gasteiger charge is -2.36. The summed E-state index contributed by atoms with van der Waals surface area (Å²) < 4.78 is 5.38. The lowest BCUT2D eigenvalue weighted by atomic mass is 9.96. The van der Waals surface area contributed by atoms with Crippen molar-refractivity contribution >= 4 is 11.4 Å². The van der Waals surface area contributed by atoms with Crippen LogP contribution < -0.4 is 15.4 Å². The third-order valence-electron chi connectivity index (χ3n) is 3.50. The highest BCUT2D eigenvalue weighted by Crippen LogP contribution is 2.33. The zero-order valence-corrected chi connectivity index (χ0v) is 11.9. The van der Waals surface area contributed by atoms with E-state index in [2.05, 4.69) is 11.8 Å². The molecule has 0 aromatic heterocycles. The Labute approximate surface area is 118 Å². The molecule has 110 valence electrons. The molecule has 0 spiro atoms. The Morgan fingerprint density at radius 3 is 2.85 bits per heavy atom. The van der Waals surface area contributed by atoms with Gasteiger partial charge in [-0.3, -0.25) is 10.1 Å². The summed E-state index contributed by atoms with van der Waals surface area (Å²) in [4.78, 5) is 12.7. The van der Waals surface area contributed by atoms with Crippen molar-refractivity contribution < 1.29 is 9.66 Å². The topological polar surface area (TPSA) is 81.6 Å². The van der Waals surface area contributed by atoms with E-state index in [9.17, 15) is 10.1 Å². The first-order valence-corrected chi connectivity index (χ1v) is 6.93. The van der Waals surface area contributed by atoms with E-state index >= 15 is 0 Å². The van der Waals surface area contributed by atoms with Gasteiger partial charge in [0.25, 0.3) is 0 Å². The molecule has 2 N–H and O–H groups in total. The average molecular weight is 279 g/mol. The van der Waals surface area contributed by atoms with E-state index in [1.807, 2.05) is 6.92 Å². The summed E-state index contributed by atoms with van der Waals surface area (Å²) in [6.07, 6.45) is 1.02. The normalized spacial score (nSPS) is 22.6. The smallest absolute Gasteiger partial charge is 0.311 e. The van der Waals surface area contributed by atoms with E-state index < -0.39 is 4.92 Å². The van der Waals surface area contributed by atoms with Crippen LogP contribution in [0.15, 0.2) is 18.2 Å². The van der Waals surface area contributed by atoms with Gasteiger partial charge in [-0.1, -0.05) is 6.92 Å². The summed E-state index contributed by atoms with van der Waals surface area (Å²) in [7, 11) is 0. The number of nitrogens with two attached hydrogens (primary N) is 1. The molecule has 2 rings (SSSR count). The Kier molecular flexibility index (Phi) is 4.44. The summed E-state index contributed by atoms with van der Waals surface area (Å²) in [5, 5.41) is 11.0. The maximum atomic E-state index is 11.0.